The summed E-state index contributed by atoms with van der Waals surface area (Å²) in [6.07, 6.45) is 1.09. The SMILES string of the molecule is CCC(C)N(c1ccccc1)S(=O)c1ccc2c(c1)OCCO2.O=CNO. The lowest BCUT2D eigenvalue weighted by Gasteiger charge is -2.29. The van der Waals surface area contributed by atoms with Crippen LogP contribution in [-0.2, 0) is 15.8 Å². The number of nitrogens with one attached hydrogen (secondary N) is 1. The first kappa shape index (κ1) is 20.7. The van der Waals surface area contributed by atoms with Gasteiger partial charge in [0, 0.05) is 17.8 Å². The second-order valence-electron chi connectivity index (χ2n) is 5.72. The normalized spacial score (nSPS) is 14.2. The average Bonchev–Trinajstić information content (AvgIpc) is 2.74. The van der Waals surface area contributed by atoms with Gasteiger partial charge in [-0.2, -0.15) is 0 Å². The van der Waals surface area contributed by atoms with Gasteiger partial charge in [-0.3, -0.25) is 14.3 Å². The summed E-state index contributed by atoms with van der Waals surface area (Å²) in [4.78, 5) is 9.53. The minimum atomic E-state index is -1.30. The molecule has 0 saturated heterocycles. The Morgan fingerprint density at radius 2 is 1.81 bits per heavy atom. The predicted octanol–water partition coefficient (Wildman–Crippen LogP) is 2.91. The Labute approximate surface area is 161 Å². The van der Waals surface area contributed by atoms with Crippen LogP contribution in [0.25, 0.3) is 0 Å². The quantitative estimate of drug-likeness (QED) is 0.448. The molecule has 8 heteroatoms. The largest absolute Gasteiger partial charge is 0.486 e. The number of rotatable bonds is 6. The Hall–Kier alpha value is -2.58. The van der Waals surface area contributed by atoms with Crippen molar-refractivity contribution in [3.05, 3.63) is 48.5 Å². The Morgan fingerprint density at radius 1 is 1.19 bits per heavy atom. The fourth-order valence-corrected chi connectivity index (χ4v) is 3.91. The summed E-state index contributed by atoms with van der Waals surface area (Å²) in [6.45, 7) is 5.26. The van der Waals surface area contributed by atoms with Crippen molar-refractivity contribution in [3.63, 3.8) is 0 Å². The van der Waals surface area contributed by atoms with E-state index in [-0.39, 0.29) is 12.5 Å². The van der Waals surface area contributed by atoms with E-state index < -0.39 is 11.0 Å². The molecule has 3 rings (SSSR count). The third kappa shape index (κ3) is 5.45. The monoisotopic (exact) mass is 392 g/mol. The Balaban J connectivity index is 0.000000596. The lowest BCUT2D eigenvalue weighted by Crippen LogP contribution is -2.34. The average molecular weight is 392 g/mol. The molecule has 2 aromatic rings. The standard InChI is InChI=1S/C18H21NO3S.CH3NO2/c1-3-14(2)19(15-7-5-4-6-8-15)23(20)16-9-10-17-18(13-16)22-12-11-21-17;3-1-2-4/h4-10,13-14H,3,11-12H2,1-2H3;1,4H,(H,2,3). The molecular weight excluding hydrogens is 368 g/mol. The Bertz CT molecular complexity index is 757. The number of benzene rings is 2. The van der Waals surface area contributed by atoms with Gasteiger partial charge < -0.3 is 9.47 Å². The predicted molar refractivity (Wildman–Crippen MR) is 104 cm³/mol. The molecule has 2 aromatic carbocycles. The highest BCUT2D eigenvalue weighted by Gasteiger charge is 2.23. The number of carbonyl (C=O) groups excluding carboxylic acids is 1. The third-order valence-electron chi connectivity index (χ3n) is 3.95. The van der Waals surface area contributed by atoms with Crippen molar-refractivity contribution >= 4 is 23.1 Å². The van der Waals surface area contributed by atoms with E-state index in [0.29, 0.717) is 24.7 Å². The maximum Gasteiger partial charge on any atom is 0.230 e. The zero-order chi connectivity index (χ0) is 19.6. The number of para-hydroxylation sites is 1. The van der Waals surface area contributed by atoms with Crippen molar-refractivity contribution in [3.8, 4) is 11.5 Å². The highest BCUT2D eigenvalue weighted by Crippen LogP contribution is 2.33. The molecular formula is C19H24N2O5S. The molecule has 0 aliphatic carbocycles. The van der Waals surface area contributed by atoms with Crippen LogP contribution in [0.2, 0.25) is 0 Å². The molecule has 27 heavy (non-hydrogen) atoms. The van der Waals surface area contributed by atoms with Crippen LogP contribution in [0, 0.1) is 0 Å². The van der Waals surface area contributed by atoms with Gasteiger partial charge in [-0.25, -0.2) is 9.69 Å². The smallest absolute Gasteiger partial charge is 0.230 e. The van der Waals surface area contributed by atoms with Gasteiger partial charge in [0.15, 0.2) is 22.5 Å². The van der Waals surface area contributed by atoms with Crippen molar-refractivity contribution < 1.29 is 23.7 Å². The van der Waals surface area contributed by atoms with Gasteiger partial charge in [-0.05, 0) is 37.6 Å². The minimum absolute atomic E-state index is 0.159. The summed E-state index contributed by atoms with van der Waals surface area (Å²) in [5, 5.41) is 7.26. The Kier molecular flexibility index (Phi) is 8.09. The molecule has 0 bridgehead atoms. The van der Waals surface area contributed by atoms with E-state index >= 15 is 0 Å². The summed E-state index contributed by atoms with van der Waals surface area (Å²) in [5.41, 5.74) is 2.20. The van der Waals surface area contributed by atoms with E-state index in [9.17, 15) is 4.21 Å². The summed E-state index contributed by atoms with van der Waals surface area (Å²) >= 11 is 0. The molecule has 2 unspecified atom stereocenters. The molecule has 1 amide bonds. The Morgan fingerprint density at radius 3 is 2.41 bits per heavy atom. The molecule has 0 spiro atoms. The number of hydrogen-bond acceptors (Lipinski definition) is 5. The second kappa shape index (κ2) is 10.5. The molecule has 1 aliphatic heterocycles. The molecule has 0 saturated carbocycles. The number of fused-ring (bicyclic) bond motifs is 1. The van der Waals surface area contributed by atoms with Crippen LogP contribution >= 0.6 is 0 Å². The second-order valence-corrected chi connectivity index (χ2v) is 7.08. The number of nitrogens with zero attached hydrogens (tertiary/aromatic N) is 1. The summed E-state index contributed by atoms with van der Waals surface area (Å²) in [7, 11) is -1.30. The molecule has 0 aromatic heterocycles. The maximum atomic E-state index is 13.2. The minimum Gasteiger partial charge on any atom is -0.486 e. The first-order valence-electron chi connectivity index (χ1n) is 8.61. The van der Waals surface area contributed by atoms with Crippen LogP contribution in [0.15, 0.2) is 53.4 Å². The molecule has 0 fully saturated rings. The number of ether oxygens (including phenoxy) is 2. The zero-order valence-electron chi connectivity index (χ0n) is 15.3. The highest BCUT2D eigenvalue weighted by atomic mass is 32.2. The summed E-state index contributed by atoms with van der Waals surface area (Å²) in [6, 6.07) is 15.5. The fraction of sp³-hybridized carbons (Fsp3) is 0.316. The molecule has 146 valence electrons. The van der Waals surface area contributed by atoms with Gasteiger partial charge >= 0.3 is 0 Å². The number of anilines is 1. The van der Waals surface area contributed by atoms with E-state index in [1.165, 1.54) is 5.48 Å². The highest BCUT2D eigenvalue weighted by molar-refractivity contribution is 7.86. The van der Waals surface area contributed by atoms with Crippen LogP contribution in [-0.4, -0.2) is 35.1 Å². The van der Waals surface area contributed by atoms with E-state index in [2.05, 4.69) is 13.8 Å². The van der Waals surface area contributed by atoms with Crippen LogP contribution in [0.3, 0.4) is 0 Å². The van der Waals surface area contributed by atoms with Crippen molar-refractivity contribution in [1.82, 2.24) is 5.48 Å². The van der Waals surface area contributed by atoms with Crippen LogP contribution < -0.4 is 19.3 Å². The van der Waals surface area contributed by atoms with Gasteiger partial charge in [0.1, 0.15) is 13.2 Å². The zero-order valence-corrected chi connectivity index (χ0v) is 16.1. The van der Waals surface area contributed by atoms with Crippen molar-refractivity contribution in [2.75, 3.05) is 17.5 Å². The first-order chi connectivity index (χ1) is 13.1. The fourth-order valence-electron chi connectivity index (χ4n) is 2.50. The number of amides is 1. The van der Waals surface area contributed by atoms with E-state index in [4.69, 9.17) is 19.5 Å². The van der Waals surface area contributed by atoms with Crippen LogP contribution in [0.1, 0.15) is 20.3 Å². The number of hydroxylamine groups is 1. The molecule has 1 heterocycles. The van der Waals surface area contributed by atoms with Crippen LogP contribution in [0.4, 0.5) is 5.69 Å². The maximum absolute atomic E-state index is 13.2. The lowest BCUT2D eigenvalue weighted by atomic mass is 10.2. The summed E-state index contributed by atoms with van der Waals surface area (Å²) in [5.74, 6) is 1.38. The molecule has 2 atom stereocenters. The van der Waals surface area contributed by atoms with E-state index in [1.54, 1.807) is 0 Å². The van der Waals surface area contributed by atoms with Gasteiger partial charge in [0.05, 0.1) is 4.90 Å². The first-order valence-corrected chi connectivity index (χ1v) is 9.72. The lowest BCUT2D eigenvalue weighted by molar-refractivity contribution is -0.116. The van der Waals surface area contributed by atoms with Crippen LogP contribution in [0.5, 0.6) is 11.5 Å². The van der Waals surface area contributed by atoms with Gasteiger partial charge in [-0.1, -0.05) is 25.1 Å². The molecule has 0 radical (unpaired) electrons. The molecule has 1 aliphatic rings. The topological polar surface area (TPSA) is 88.1 Å². The van der Waals surface area contributed by atoms with E-state index in [1.807, 2.05) is 52.8 Å². The van der Waals surface area contributed by atoms with E-state index in [0.717, 1.165) is 17.0 Å². The molecule has 7 nitrogen and oxygen atoms in total. The molecule has 2 N–H and O–H groups in total. The van der Waals surface area contributed by atoms with Crippen molar-refractivity contribution in [1.29, 1.82) is 0 Å². The number of carbonyl (C=O) groups is 1. The van der Waals surface area contributed by atoms with Gasteiger partial charge in [0.25, 0.3) is 0 Å². The summed E-state index contributed by atoms with van der Waals surface area (Å²) < 4.78 is 26.3. The third-order valence-corrected chi connectivity index (χ3v) is 5.53. The van der Waals surface area contributed by atoms with Gasteiger partial charge in [0.2, 0.25) is 6.41 Å². The van der Waals surface area contributed by atoms with Crippen molar-refractivity contribution in [2.24, 2.45) is 0 Å². The van der Waals surface area contributed by atoms with Crippen molar-refractivity contribution in [2.45, 2.75) is 31.2 Å². The number of hydrogen-bond donors (Lipinski definition) is 2. The van der Waals surface area contributed by atoms with Gasteiger partial charge in [-0.15, -0.1) is 0 Å².